The standard InChI is InChI=1S/C26H27N3O7S/c1-33-21-10-14-9-19(28-23(14)25(35-3)24(21)34-2)26(30)29-12-15(13-36-37(4,31)32)22-17-8-6-5-7-16(17)18(27)11-20(22)29/h5-11,15,28H,12-13,27H2,1-4H3. The summed E-state index contributed by atoms with van der Waals surface area (Å²) in [4.78, 5) is 18.6. The highest BCUT2D eigenvalue weighted by atomic mass is 32.2. The van der Waals surface area contributed by atoms with Gasteiger partial charge in [0.15, 0.2) is 11.5 Å². The van der Waals surface area contributed by atoms with Gasteiger partial charge < -0.3 is 29.8 Å². The molecule has 1 aliphatic heterocycles. The molecule has 10 nitrogen and oxygen atoms in total. The Hall–Kier alpha value is -3.96. The number of anilines is 2. The van der Waals surface area contributed by atoms with Crippen LogP contribution in [0.5, 0.6) is 17.2 Å². The van der Waals surface area contributed by atoms with Gasteiger partial charge in [-0.1, -0.05) is 24.3 Å². The van der Waals surface area contributed by atoms with Crippen molar-refractivity contribution in [3.05, 3.63) is 53.7 Å². The van der Waals surface area contributed by atoms with Crippen molar-refractivity contribution in [1.29, 1.82) is 0 Å². The Morgan fingerprint density at radius 1 is 1.05 bits per heavy atom. The Morgan fingerprint density at radius 3 is 2.41 bits per heavy atom. The van der Waals surface area contributed by atoms with Crippen molar-refractivity contribution in [2.24, 2.45) is 0 Å². The molecule has 0 saturated carbocycles. The van der Waals surface area contributed by atoms with E-state index in [0.717, 1.165) is 22.6 Å². The maximum atomic E-state index is 13.9. The Morgan fingerprint density at radius 2 is 1.76 bits per heavy atom. The first-order valence-corrected chi connectivity index (χ1v) is 13.3. The van der Waals surface area contributed by atoms with Gasteiger partial charge >= 0.3 is 0 Å². The van der Waals surface area contributed by atoms with Crippen molar-refractivity contribution in [3.63, 3.8) is 0 Å². The second kappa shape index (κ2) is 9.16. The molecule has 3 N–H and O–H groups in total. The minimum Gasteiger partial charge on any atom is -0.493 e. The molecule has 37 heavy (non-hydrogen) atoms. The predicted molar refractivity (Wildman–Crippen MR) is 142 cm³/mol. The van der Waals surface area contributed by atoms with E-state index in [1.807, 2.05) is 24.3 Å². The summed E-state index contributed by atoms with van der Waals surface area (Å²) in [6.07, 6.45) is 1.01. The number of rotatable bonds is 7. The van der Waals surface area contributed by atoms with Crippen LogP contribution >= 0.6 is 0 Å². The van der Waals surface area contributed by atoms with Gasteiger partial charge in [-0.15, -0.1) is 0 Å². The average Bonchev–Trinajstić information content (AvgIpc) is 3.47. The number of carbonyl (C=O) groups excluding carboxylic acids is 1. The van der Waals surface area contributed by atoms with E-state index >= 15 is 0 Å². The van der Waals surface area contributed by atoms with Gasteiger partial charge in [0, 0.05) is 28.9 Å². The van der Waals surface area contributed by atoms with Crippen LogP contribution in [0.3, 0.4) is 0 Å². The van der Waals surface area contributed by atoms with Gasteiger partial charge in [-0.3, -0.25) is 8.98 Å². The number of nitrogens with one attached hydrogen (secondary N) is 1. The number of hydrogen-bond acceptors (Lipinski definition) is 8. The smallest absolute Gasteiger partial charge is 0.274 e. The molecule has 0 saturated heterocycles. The van der Waals surface area contributed by atoms with Gasteiger partial charge in [-0.2, -0.15) is 8.42 Å². The van der Waals surface area contributed by atoms with Crippen LogP contribution < -0.4 is 24.8 Å². The number of hydrogen-bond donors (Lipinski definition) is 2. The molecule has 4 aromatic rings. The van der Waals surface area contributed by atoms with Crippen LogP contribution in [-0.2, 0) is 14.3 Å². The Labute approximate surface area is 214 Å². The van der Waals surface area contributed by atoms with E-state index in [-0.39, 0.29) is 25.0 Å². The molecular formula is C26H27N3O7S. The lowest BCUT2D eigenvalue weighted by atomic mass is 9.94. The molecule has 1 aromatic heterocycles. The van der Waals surface area contributed by atoms with Crippen LogP contribution in [-0.4, -0.2) is 60.0 Å². The second-order valence-electron chi connectivity index (χ2n) is 8.84. The minimum absolute atomic E-state index is 0.0988. The monoisotopic (exact) mass is 525 g/mol. The highest BCUT2D eigenvalue weighted by Gasteiger charge is 2.36. The van der Waals surface area contributed by atoms with Crippen LogP contribution in [0.2, 0.25) is 0 Å². The predicted octanol–water partition coefficient (Wildman–Crippen LogP) is 3.65. The largest absolute Gasteiger partial charge is 0.493 e. The number of methoxy groups -OCH3 is 3. The molecule has 194 valence electrons. The fraction of sp³-hybridized carbons (Fsp3) is 0.269. The summed E-state index contributed by atoms with van der Waals surface area (Å²) >= 11 is 0. The first kappa shape index (κ1) is 24.7. The zero-order valence-corrected chi connectivity index (χ0v) is 21.6. The second-order valence-corrected chi connectivity index (χ2v) is 10.5. The van der Waals surface area contributed by atoms with Crippen LogP contribution in [0.15, 0.2) is 42.5 Å². The van der Waals surface area contributed by atoms with Crippen molar-refractivity contribution < 1.29 is 31.6 Å². The summed E-state index contributed by atoms with van der Waals surface area (Å²) in [6.45, 7) is 0.120. The molecule has 0 spiro atoms. The molecule has 0 aliphatic carbocycles. The van der Waals surface area contributed by atoms with Crippen molar-refractivity contribution in [1.82, 2.24) is 4.98 Å². The maximum Gasteiger partial charge on any atom is 0.274 e. The number of benzene rings is 3. The molecular weight excluding hydrogens is 498 g/mol. The molecule has 1 aliphatic rings. The van der Waals surface area contributed by atoms with Gasteiger partial charge in [-0.25, -0.2) is 0 Å². The third kappa shape index (κ3) is 4.19. The third-order valence-corrected chi connectivity index (χ3v) is 7.14. The molecule has 3 aromatic carbocycles. The summed E-state index contributed by atoms with van der Waals surface area (Å²) in [5.41, 5.74) is 9.21. The van der Waals surface area contributed by atoms with E-state index in [1.165, 1.54) is 21.3 Å². The Bertz CT molecular complexity index is 1650. The zero-order valence-electron chi connectivity index (χ0n) is 20.8. The number of aromatic amines is 1. The SMILES string of the molecule is COc1cc2cc(C(=O)N3CC(COS(C)(=O)=O)c4c3cc(N)c3ccccc43)[nH]c2c(OC)c1OC. The fourth-order valence-corrected chi connectivity index (χ4v) is 5.42. The molecule has 2 heterocycles. The Balaban J connectivity index is 1.62. The molecule has 1 amide bonds. The topological polar surface area (TPSA) is 133 Å². The van der Waals surface area contributed by atoms with E-state index in [0.29, 0.717) is 45.2 Å². The molecule has 5 rings (SSSR count). The van der Waals surface area contributed by atoms with Gasteiger partial charge in [0.05, 0.1) is 45.4 Å². The number of aromatic nitrogens is 1. The van der Waals surface area contributed by atoms with E-state index in [2.05, 4.69) is 4.98 Å². The van der Waals surface area contributed by atoms with Crippen molar-refractivity contribution in [3.8, 4) is 17.2 Å². The molecule has 0 radical (unpaired) electrons. The summed E-state index contributed by atoms with van der Waals surface area (Å²) in [7, 11) is 0.868. The number of nitrogens with zero attached hydrogens (tertiary/aromatic N) is 1. The van der Waals surface area contributed by atoms with Gasteiger partial charge in [-0.05, 0) is 29.1 Å². The van der Waals surface area contributed by atoms with Crippen molar-refractivity contribution >= 4 is 49.1 Å². The lowest BCUT2D eigenvalue weighted by molar-refractivity contribution is 0.0983. The van der Waals surface area contributed by atoms with Gasteiger partial charge in [0.1, 0.15) is 5.69 Å². The summed E-state index contributed by atoms with van der Waals surface area (Å²) in [5.74, 6) is 0.593. The van der Waals surface area contributed by atoms with E-state index in [4.69, 9.17) is 24.1 Å². The van der Waals surface area contributed by atoms with Crippen molar-refractivity contribution in [2.45, 2.75) is 5.92 Å². The number of nitrogens with two attached hydrogens (primary N) is 1. The number of amides is 1. The number of carbonyl (C=O) groups is 1. The molecule has 11 heteroatoms. The first-order valence-electron chi connectivity index (χ1n) is 11.5. The lowest BCUT2D eigenvalue weighted by Crippen LogP contribution is -2.31. The number of ether oxygens (including phenoxy) is 3. The number of fused-ring (bicyclic) bond motifs is 4. The average molecular weight is 526 g/mol. The van der Waals surface area contributed by atoms with Crippen LogP contribution in [0, 0.1) is 0 Å². The first-order chi connectivity index (χ1) is 17.7. The van der Waals surface area contributed by atoms with E-state index < -0.39 is 10.1 Å². The number of H-pyrrole nitrogens is 1. The molecule has 1 atom stereocenters. The highest BCUT2D eigenvalue weighted by Crippen LogP contribution is 2.46. The summed E-state index contributed by atoms with van der Waals surface area (Å²) in [6, 6.07) is 12.8. The maximum absolute atomic E-state index is 13.9. The Kier molecular flexibility index (Phi) is 6.12. The van der Waals surface area contributed by atoms with Gasteiger partial charge in [0.2, 0.25) is 5.75 Å². The van der Waals surface area contributed by atoms with E-state index in [1.54, 1.807) is 23.1 Å². The quantitative estimate of drug-likeness (QED) is 0.276. The number of nitrogen functional groups attached to an aromatic ring is 1. The van der Waals surface area contributed by atoms with Crippen LogP contribution in [0.25, 0.3) is 21.7 Å². The van der Waals surface area contributed by atoms with Gasteiger partial charge in [0.25, 0.3) is 16.0 Å². The van der Waals surface area contributed by atoms with Crippen LogP contribution in [0.4, 0.5) is 11.4 Å². The fourth-order valence-electron chi connectivity index (χ4n) is 5.01. The molecule has 0 fully saturated rings. The van der Waals surface area contributed by atoms with E-state index in [9.17, 15) is 13.2 Å². The summed E-state index contributed by atoms with van der Waals surface area (Å²) < 4.78 is 45.1. The lowest BCUT2D eigenvalue weighted by Gasteiger charge is -2.18. The summed E-state index contributed by atoms with van der Waals surface area (Å²) in [5, 5.41) is 2.38. The highest BCUT2D eigenvalue weighted by molar-refractivity contribution is 7.85. The molecule has 1 unspecified atom stereocenters. The van der Waals surface area contributed by atoms with Crippen LogP contribution in [0.1, 0.15) is 22.0 Å². The molecule has 0 bridgehead atoms. The zero-order chi connectivity index (χ0) is 26.5. The van der Waals surface area contributed by atoms with Crippen molar-refractivity contribution in [2.75, 3.05) is 51.4 Å². The minimum atomic E-state index is -3.68. The normalized spacial score (nSPS) is 15.2. The third-order valence-electron chi connectivity index (χ3n) is 6.58.